The number of halogens is 1. The van der Waals surface area contributed by atoms with Crippen molar-refractivity contribution in [3.63, 3.8) is 0 Å². The quantitative estimate of drug-likeness (QED) is 0.871. The third-order valence-electron chi connectivity index (χ3n) is 3.37. The maximum absolute atomic E-state index is 9.96. The van der Waals surface area contributed by atoms with Gasteiger partial charge in [-0.05, 0) is 42.1 Å². The van der Waals surface area contributed by atoms with Crippen molar-refractivity contribution in [2.24, 2.45) is 0 Å². The molecular formula is C13H20BrN3O. The predicted molar refractivity (Wildman–Crippen MR) is 75.8 cm³/mol. The van der Waals surface area contributed by atoms with Crippen molar-refractivity contribution >= 4 is 21.7 Å². The van der Waals surface area contributed by atoms with Gasteiger partial charge in [0.15, 0.2) is 0 Å². The zero-order chi connectivity index (χ0) is 13.2. The molecule has 1 aliphatic heterocycles. The van der Waals surface area contributed by atoms with Gasteiger partial charge < -0.3 is 10.0 Å². The molecule has 1 fully saturated rings. The second kappa shape index (κ2) is 5.53. The van der Waals surface area contributed by atoms with Crippen molar-refractivity contribution in [2.45, 2.75) is 45.1 Å². The average molecular weight is 314 g/mol. The van der Waals surface area contributed by atoms with E-state index in [0.29, 0.717) is 0 Å². The number of nitrogens with zero attached hydrogens (tertiary/aromatic N) is 3. The minimum absolute atomic E-state index is 0.521. The lowest BCUT2D eigenvalue weighted by Gasteiger charge is -2.36. The molecule has 2 heterocycles. The Labute approximate surface area is 117 Å². The van der Waals surface area contributed by atoms with Gasteiger partial charge >= 0.3 is 0 Å². The van der Waals surface area contributed by atoms with E-state index in [-0.39, 0.29) is 0 Å². The summed E-state index contributed by atoms with van der Waals surface area (Å²) in [5, 5.41) is 9.96. The number of aromatic nitrogens is 2. The summed E-state index contributed by atoms with van der Waals surface area (Å²) in [7, 11) is 0. The van der Waals surface area contributed by atoms with E-state index in [4.69, 9.17) is 0 Å². The van der Waals surface area contributed by atoms with Gasteiger partial charge in [0, 0.05) is 25.6 Å². The second-order valence-corrected chi connectivity index (χ2v) is 6.01. The predicted octanol–water partition coefficient (Wildman–Crippen LogP) is 2.54. The smallest absolute Gasteiger partial charge is 0.133 e. The number of aryl methyl sites for hydroxylation is 1. The lowest BCUT2D eigenvalue weighted by molar-refractivity contribution is 0.0350. The van der Waals surface area contributed by atoms with Crippen LogP contribution in [-0.4, -0.2) is 33.8 Å². The molecule has 0 saturated carbocycles. The number of hydrogen-bond acceptors (Lipinski definition) is 4. The molecule has 4 nitrogen and oxygen atoms in total. The van der Waals surface area contributed by atoms with E-state index in [1.54, 1.807) is 0 Å². The summed E-state index contributed by atoms with van der Waals surface area (Å²) in [4.78, 5) is 11.2. The first-order valence-corrected chi connectivity index (χ1v) is 7.30. The molecule has 0 amide bonds. The first-order chi connectivity index (χ1) is 8.50. The molecule has 0 radical (unpaired) electrons. The van der Waals surface area contributed by atoms with Gasteiger partial charge in [-0.2, -0.15) is 0 Å². The Morgan fingerprint density at radius 1 is 1.39 bits per heavy atom. The van der Waals surface area contributed by atoms with Crippen LogP contribution in [0, 0.1) is 0 Å². The molecule has 0 spiro atoms. The molecule has 1 N–H and O–H groups in total. The maximum atomic E-state index is 9.96. The molecule has 0 aromatic carbocycles. The van der Waals surface area contributed by atoms with Crippen LogP contribution in [0.15, 0.2) is 10.7 Å². The van der Waals surface area contributed by atoms with Gasteiger partial charge in [0.2, 0.25) is 0 Å². The molecule has 5 heteroatoms. The third-order valence-corrected chi connectivity index (χ3v) is 3.77. The summed E-state index contributed by atoms with van der Waals surface area (Å²) in [6.45, 7) is 5.73. The van der Waals surface area contributed by atoms with Crippen LogP contribution in [0.4, 0.5) is 5.82 Å². The molecule has 0 bridgehead atoms. The van der Waals surface area contributed by atoms with Crippen molar-refractivity contribution in [1.29, 1.82) is 0 Å². The van der Waals surface area contributed by atoms with Gasteiger partial charge in [-0.15, -0.1) is 0 Å². The van der Waals surface area contributed by atoms with Crippen LogP contribution in [0.2, 0.25) is 0 Å². The summed E-state index contributed by atoms with van der Waals surface area (Å²) in [5.41, 5.74) is -0.521. The number of piperidine rings is 1. The lowest BCUT2D eigenvalue weighted by Crippen LogP contribution is -2.42. The van der Waals surface area contributed by atoms with Crippen LogP contribution >= 0.6 is 15.9 Å². The van der Waals surface area contributed by atoms with Crippen LogP contribution in [0.1, 0.15) is 38.9 Å². The summed E-state index contributed by atoms with van der Waals surface area (Å²) in [5.74, 6) is 1.86. The minimum atomic E-state index is -0.521. The van der Waals surface area contributed by atoms with Crippen molar-refractivity contribution < 1.29 is 5.11 Å². The Bertz CT molecular complexity index is 413. The molecule has 0 aliphatic carbocycles. The summed E-state index contributed by atoms with van der Waals surface area (Å²) >= 11 is 3.44. The standard InChI is InChI=1S/C13H20BrN3O/c1-3-4-11-15-10(14)9-12(16-11)17-7-5-13(2,18)6-8-17/h9,18H,3-8H2,1-2H3. The van der Waals surface area contributed by atoms with Gasteiger partial charge in [-0.3, -0.25) is 0 Å². The van der Waals surface area contributed by atoms with Gasteiger partial charge in [0.1, 0.15) is 16.2 Å². The number of rotatable bonds is 3. The average Bonchev–Trinajstić information content (AvgIpc) is 2.28. The molecule has 100 valence electrons. The molecule has 1 aliphatic rings. The van der Waals surface area contributed by atoms with E-state index in [1.165, 1.54) is 0 Å². The van der Waals surface area contributed by atoms with Crippen LogP contribution in [0.25, 0.3) is 0 Å². The Morgan fingerprint density at radius 2 is 2.06 bits per heavy atom. The van der Waals surface area contributed by atoms with Crippen molar-refractivity contribution in [1.82, 2.24) is 9.97 Å². The highest BCUT2D eigenvalue weighted by atomic mass is 79.9. The Hall–Kier alpha value is -0.680. The van der Waals surface area contributed by atoms with Crippen LogP contribution in [0.3, 0.4) is 0 Å². The van der Waals surface area contributed by atoms with Crippen LogP contribution in [-0.2, 0) is 6.42 Å². The zero-order valence-electron chi connectivity index (χ0n) is 11.0. The summed E-state index contributed by atoms with van der Waals surface area (Å²) < 4.78 is 0.841. The topological polar surface area (TPSA) is 49.2 Å². The highest BCUT2D eigenvalue weighted by Gasteiger charge is 2.28. The van der Waals surface area contributed by atoms with Crippen LogP contribution in [0.5, 0.6) is 0 Å². The molecule has 0 unspecified atom stereocenters. The number of hydrogen-bond donors (Lipinski definition) is 1. The molecule has 2 rings (SSSR count). The molecule has 1 aromatic rings. The molecular weight excluding hydrogens is 294 g/mol. The zero-order valence-corrected chi connectivity index (χ0v) is 12.6. The van der Waals surface area contributed by atoms with Crippen molar-refractivity contribution in [3.05, 3.63) is 16.5 Å². The lowest BCUT2D eigenvalue weighted by atomic mass is 9.94. The first kappa shape index (κ1) is 13.7. The molecule has 1 aromatic heterocycles. The fraction of sp³-hybridized carbons (Fsp3) is 0.692. The van der Waals surface area contributed by atoms with Gasteiger partial charge in [0.05, 0.1) is 5.60 Å². The number of aliphatic hydroxyl groups is 1. The number of anilines is 1. The van der Waals surface area contributed by atoms with Crippen LogP contribution < -0.4 is 4.90 Å². The first-order valence-electron chi connectivity index (χ1n) is 6.51. The van der Waals surface area contributed by atoms with Gasteiger partial charge in [-0.1, -0.05) is 6.92 Å². The maximum Gasteiger partial charge on any atom is 0.133 e. The molecule has 1 saturated heterocycles. The SMILES string of the molecule is CCCc1nc(Br)cc(N2CCC(C)(O)CC2)n1. The normalized spacial score (nSPS) is 19.0. The van der Waals surface area contributed by atoms with Crippen molar-refractivity contribution in [2.75, 3.05) is 18.0 Å². The van der Waals surface area contributed by atoms with E-state index >= 15 is 0 Å². The van der Waals surface area contributed by atoms with E-state index in [9.17, 15) is 5.11 Å². The monoisotopic (exact) mass is 313 g/mol. The van der Waals surface area contributed by atoms with E-state index in [2.05, 4.69) is 37.7 Å². The summed E-state index contributed by atoms with van der Waals surface area (Å²) in [6.07, 6.45) is 3.53. The minimum Gasteiger partial charge on any atom is -0.390 e. The van der Waals surface area contributed by atoms with E-state index in [1.807, 2.05) is 13.0 Å². The Morgan fingerprint density at radius 3 is 2.67 bits per heavy atom. The molecule has 0 atom stereocenters. The van der Waals surface area contributed by atoms with E-state index in [0.717, 1.165) is 55.0 Å². The Kier molecular flexibility index (Phi) is 4.22. The molecule has 18 heavy (non-hydrogen) atoms. The van der Waals surface area contributed by atoms with Crippen molar-refractivity contribution in [3.8, 4) is 0 Å². The third kappa shape index (κ3) is 3.42. The van der Waals surface area contributed by atoms with Gasteiger partial charge in [0.25, 0.3) is 0 Å². The largest absolute Gasteiger partial charge is 0.390 e. The second-order valence-electron chi connectivity index (χ2n) is 5.20. The fourth-order valence-electron chi connectivity index (χ4n) is 2.17. The highest BCUT2D eigenvalue weighted by Crippen LogP contribution is 2.26. The highest BCUT2D eigenvalue weighted by molar-refractivity contribution is 9.10. The summed E-state index contributed by atoms with van der Waals surface area (Å²) in [6, 6.07) is 1.96. The Balaban J connectivity index is 2.13. The van der Waals surface area contributed by atoms with Gasteiger partial charge in [-0.25, -0.2) is 9.97 Å². The fourth-order valence-corrected chi connectivity index (χ4v) is 2.58. The van der Waals surface area contributed by atoms with E-state index < -0.39 is 5.60 Å².